The summed E-state index contributed by atoms with van der Waals surface area (Å²) < 4.78 is 29.4. The summed E-state index contributed by atoms with van der Waals surface area (Å²) in [6.45, 7) is -1.54. The molecule has 1 aliphatic rings. The number of aromatic nitrogens is 4. The standard InChI is InChI=1S/C16H13N4/c1-18-12-6-2-3-7-13(12)20-10-19-9-11-5-4-8-17-14(11)15(19)16(18)20/h2-8,10H,9H2,1H3/q+1/i1D3. The van der Waals surface area contributed by atoms with Crippen LogP contribution in [-0.2, 0) is 13.5 Å². The first-order valence-corrected chi connectivity index (χ1v) is 6.54. The van der Waals surface area contributed by atoms with Gasteiger partial charge in [0.25, 0.3) is 12.0 Å². The Morgan fingerprint density at radius 2 is 2.10 bits per heavy atom. The average molecular weight is 264 g/mol. The van der Waals surface area contributed by atoms with Gasteiger partial charge in [-0.25, -0.2) is 4.57 Å². The fourth-order valence-corrected chi connectivity index (χ4v) is 3.18. The molecule has 0 bridgehead atoms. The highest BCUT2D eigenvalue weighted by Crippen LogP contribution is 2.31. The van der Waals surface area contributed by atoms with E-state index in [2.05, 4.69) is 9.55 Å². The molecule has 4 nitrogen and oxygen atoms in total. The highest BCUT2D eigenvalue weighted by molar-refractivity contribution is 5.86. The van der Waals surface area contributed by atoms with E-state index in [4.69, 9.17) is 4.11 Å². The molecule has 0 fully saturated rings. The van der Waals surface area contributed by atoms with Crippen LogP contribution in [0.3, 0.4) is 0 Å². The highest BCUT2D eigenvalue weighted by Gasteiger charge is 2.33. The van der Waals surface area contributed by atoms with E-state index in [0.717, 1.165) is 29.0 Å². The molecule has 0 unspecified atom stereocenters. The third-order valence-electron chi connectivity index (χ3n) is 4.03. The predicted octanol–water partition coefficient (Wildman–Crippen LogP) is 2.14. The molecule has 4 aromatic rings. The van der Waals surface area contributed by atoms with Crippen LogP contribution in [0.15, 0.2) is 48.9 Å². The van der Waals surface area contributed by atoms with Crippen LogP contribution in [0.1, 0.15) is 9.68 Å². The fourth-order valence-electron chi connectivity index (χ4n) is 3.18. The van der Waals surface area contributed by atoms with Crippen molar-refractivity contribution in [3.8, 4) is 11.4 Å². The number of para-hydroxylation sites is 2. The topological polar surface area (TPSA) is 26.1 Å². The molecule has 0 spiro atoms. The van der Waals surface area contributed by atoms with Gasteiger partial charge in [0.15, 0.2) is 5.52 Å². The summed E-state index contributed by atoms with van der Waals surface area (Å²) in [5, 5.41) is 0. The SMILES string of the molecule is [2H]C([2H])([2H])n1c2ccccc2n2c[n+]3c(c12)-c1ncccc1C3. The van der Waals surface area contributed by atoms with Gasteiger partial charge in [0, 0.05) is 22.8 Å². The van der Waals surface area contributed by atoms with Crippen molar-refractivity contribution >= 4 is 16.7 Å². The Kier molecular flexibility index (Phi) is 1.29. The van der Waals surface area contributed by atoms with Gasteiger partial charge in [0.2, 0.25) is 5.69 Å². The van der Waals surface area contributed by atoms with Crippen LogP contribution >= 0.6 is 0 Å². The molecule has 4 heteroatoms. The zero-order valence-corrected chi connectivity index (χ0v) is 10.6. The number of pyridine rings is 1. The van der Waals surface area contributed by atoms with Crippen molar-refractivity contribution in [3.63, 3.8) is 0 Å². The number of fused-ring (bicyclic) bond motifs is 7. The second-order valence-corrected chi connectivity index (χ2v) is 5.12. The maximum absolute atomic E-state index is 7.99. The van der Waals surface area contributed by atoms with E-state index in [0.29, 0.717) is 11.2 Å². The minimum Gasteiger partial charge on any atom is -0.304 e. The summed E-state index contributed by atoms with van der Waals surface area (Å²) in [6.07, 6.45) is 3.72. The minimum absolute atomic E-state index is 0.670. The molecule has 4 heterocycles. The van der Waals surface area contributed by atoms with Crippen molar-refractivity contribution in [1.29, 1.82) is 0 Å². The Balaban J connectivity index is 2.02. The largest absolute Gasteiger partial charge is 0.304 e. The van der Waals surface area contributed by atoms with Gasteiger partial charge in [0.05, 0.1) is 5.52 Å². The van der Waals surface area contributed by atoms with Crippen LogP contribution in [0.4, 0.5) is 0 Å². The number of rotatable bonds is 0. The van der Waals surface area contributed by atoms with Crippen LogP contribution in [-0.4, -0.2) is 14.0 Å². The van der Waals surface area contributed by atoms with Crippen LogP contribution < -0.4 is 4.57 Å². The van der Waals surface area contributed by atoms with Gasteiger partial charge in [0.1, 0.15) is 12.2 Å². The lowest BCUT2D eigenvalue weighted by Crippen LogP contribution is -2.29. The zero-order chi connectivity index (χ0) is 15.8. The Morgan fingerprint density at radius 1 is 1.20 bits per heavy atom. The van der Waals surface area contributed by atoms with E-state index in [9.17, 15) is 0 Å². The van der Waals surface area contributed by atoms with Gasteiger partial charge in [-0.2, -0.15) is 4.40 Å². The van der Waals surface area contributed by atoms with Gasteiger partial charge in [-0.15, -0.1) is 0 Å². The Hall–Kier alpha value is -2.62. The maximum atomic E-state index is 7.99. The molecule has 5 rings (SSSR count). The number of hydrogen-bond acceptors (Lipinski definition) is 1. The molecule has 0 radical (unpaired) electrons. The third-order valence-corrected chi connectivity index (χ3v) is 4.03. The van der Waals surface area contributed by atoms with Crippen molar-refractivity contribution in [2.75, 3.05) is 0 Å². The van der Waals surface area contributed by atoms with Gasteiger partial charge in [-0.05, 0) is 18.2 Å². The molecule has 1 aliphatic heterocycles. The van der Waals surface area contributed by atoms with E-state index in [1.54, 1.807) is 6.20 Å². The third kappa shape index (κ3) is 1.04. The summed E-state index contributed by atoms with van der Waals surface area (Å²) >= 11 is 0. The molecular formula is C16H13N4+. The van der Waals surface area contributed by atoms with Crippen LogP contribution in [0, 0.1) is 0 Å². The molecule has 0 N–H and O–H groups in total. The minimum atomic E-state index is -2.26. The van der Waals surface area contributed by atoms with Crippen molar-refractivity contribution in [2.45, 2.75) is 6.54 Å². The van der Waals surface area contributed by atoms with Crippen LogP contribution in [0.5, 0.6) is 0 Å². The molecule has 0 saturated carbocycles. The summed E-state index contributed by atoms with van der Waals surface area (Å²) in [5.74, 6) is 0. The van der Waals surface area contributed by atoms with Crippen molar-refractivity contribution in [3.05, 3.63) is 54.5 Å². The monoisotopic (exact) mass is 264 g/mol. The van der Waals surface area contributed by atoms with Crippen molar-refractivity contribution in [2.24, 2.45) is 6.98 Å². The molecule has 96 valence electrons. The van der Waals surface area contributed by atoms with Crippen molar-refractivity contribution in [1.82, 2.24) is 14.0 Å². The Morgan fingerprint density at radius 3 is 3.00 bits per heavy atom. The molecule has 0 saturated heterocycles. The molecular weight excluding hydrogens is 248 g/mol. The molecule has 0 atom stereocenters. The molecule has 0 amide bonds. The maximum Gasteiger partial charge on any atom is 0.256 e. The highest BCUT2D eigenvalue weighted by atomic mass is 15.2. The second-order valence-electron chi connectivity index (χ2n) is 5.12. The molecule has 20 heavy (non-hydrogen) atoms. The second kappa shape index (κ2) is 3.28. The number of nitrogens with zero attached hydrogens (tertiary/aromatic N) is 4. The number of aryl methyl sites for hydroxylation is 1. The Labute approximate surface area is 119 Å². The number of benzene rings is 1. The quantitative estimate of drug-likeness (QED) is 0.394. The smallest absolute Gasteiger partial charge is 0.256 e. The molecule has 1 aromatic carbocycles. The van der Waals surface area contributed by atoms with E-state index in [1.165, 1.54) is 4.57 Å². The summed E-state index contributed by atoms with van der Waals surface area (Å²) in [5.41, 5.74) is 5.11. The van der Waals surface area contributed by atoms with Gasteiger partial charge >= 0.3 is 0 Å². The lowest BCUT2D eigenvalue weighted by molar-refractivity contribution is -0.671. The van der Waals surface area contributed by atoms with E-state index in [1.807, 2.05) is 47.1 Å². The average Bonchev–Trinajstić information content (AvgIpc) is 3.12. The van der Waals surface area contributed by atoms with E-state index >= 15 is 0 Å². The van der Waals surface area contributed by atoms with Crippen LogP contribution in [0.25, 0.3) is 28.1 Å². The summed E-state index contributed by atoms with van der Waals surface area (Å²) in [6, 6.07) is 11.5. The fraction of sp³-hybridized carbons (Fsp3) is 0.125. The summed E-state index contributed by atoms with van der Waals surface area (Å²) in [7, 11) is 0. The van der Waals surface area contributed by atoms with E-state index < -0.39 is 6.98 Å². The van der Waals surface area contributed by atoms with Gasteiger partial charge in [-0.1, -0.05) is 18.2 Å². The van der Waals surface area contributed by atoms with Gasteiger partial charge in [-0.3, -0.25) is 4.98 Å². The zero-order valence-electron chi connectivity index (χ0n) is 13.6. The van der Waals surface area contributed by atoms with Crippen molar-refractivity contribution < 1.29 is 8.68 Å². The first-order chi connectivity index (χ1) is 11.1. The lowest BCUT2D eigenvalue weighted by Gasteiger charge is -1.95. The molecule has 0 aliphatic carbocycles. The lowest BCUT2D eigenvalue weighted by atomic mass is 10.2. The number of hydrogen-bond donors (Lipinski definition) is 0. The molecule has 3 aromatic heterocycles. The van der Waals surface area contributed by atoms with Crippen LogP contribution in [0.2, 0.25) is 0 Å². The first kappa shape index (κ1) is 7.85. The number of imidazole rings is 2. The first-order valence-electron chi connectivity index (χ1n) is 8.04. The normalized spacial score (nSPS) is 15.9. The summed E-state index contributed by atoms with van der Waals surface area (Å²) in [4.78, 5) is 4.49. The van der Waals surface area contributed by atoms with E-state index in [-0.39, 0.29) is 0 Å². The Bertz CT molecular complexity index is 1090. The van der Waals surface area contributed by atoms with Gasteiger partial charge < -0.3 is 4.57 Å². The predicted molar refractivity (Wildman–Crippen MR) is 76.4 cm³/mol.